The van der Waals surface area contributed by atoms with E-state index in [4.69, 9.17) is 9.47 Å². The van der Waals surface area contributed by atoms with Crippen LogP contribution in [0.1, 0.15) is 18.4 Å². The highest BCUT2D eigenvalue weighted by atomic mass is 19.1. The minimum atomic E-state index is -0.444. The Morgan fingerprint density at radius 1 is 1.17 bits per heavy atom. The van der Waals surface area contributed by atoms with Gasteiger partial charge in [-0.05, 0) is 35.7 Å². The van der Waals surface area contributed by atoms with E-state index < -0.39 is 5.82 Å². The lowest BCUT2D eigenvalue weighted by Gasteiger charge is -2.20. The molecule has 0 saturated heterocycles. The number of halogens is 1. The number of aliphatic imine (C=N–C) groups is 1. The highest BCUT2D eigenvalue weighted by Gasteiger charge is 2.13. The van der Waals surface area contributed by atoms with Crippen LogP contribution in [-0.2, 0) is 0 Å². The summed E-state index contributed by atoms with van der Waals surface area (Å²) in [6.07, 6.45) is 1.92. The molecule has 1 aliphatic rings. The van der Waals surface area contributed by atoms with Gasteiger partial charge in [-0.25, -0.2) is 4.39 Å². The van der Waals surface area contributed by atoms with Crippen molar-refractivity contribution in [1.29, 1.82) is 0 Å². The third-order valence-corrected chi connectivity index (χ3v) is 4.09. The number of benzene rings is 2. The Morgan fingerprint density at radius 3 is 2.54 bits per heavy atom. The first kappa shape index (κ1) is 16.3. The molecule has 0 bridgehead atoms. The first-order valence-corrected chi connectivity index (χ1v) is 8.01. The number of ether oxygens (including phenoxy) is 2. The molecule has 0 aliphatic carbocycles. The topological polar surface area (TPSA) is 34.1 Å². The Balaban J connectivity index is 1.64. The summed E-state index contributed by atoms with van der Waals surface area (Å²) < 4.78 is 24.5. The monoisotopic (exact) mass is 328 g/mol. The molecule has 0 spiro atoms. The van der Waals surface area contributed by atoms with E-state index in [9.17, 15) is 4.39 Å². The van der Waals surface area contributed by atoms with Crippen molar-refractivity contribution in [1.82, 2.24) is 4.90 Å². The Morgan fingerprint density at radius 2 is 1.92 bits per heavy atom. The quantitative estimate of drug-likeness (QED) is 0.801. The lowest BCUT2D eigenvalue weighted by atomic mass is 10.0. The zero-order valence-electron chi connectivity index (χ0n) is 13.9. The van der Waals surface area contributed by atoms with E-state index >= 15 is 0 Å². The number of hydrogen-bond donors (Lipinski definition) is 0. The van der Waals surface area contributed by atoms with E-state index in [-0.39, 0.29) is 5.75 Å². The van der Waals surface area contributed by atoms with Gasteiger partial charge < -0.3 is 14.4 Å². The molecule has 0 aromatic heterocycles. The second-order valence-corrected chi connectivity index (χ2v) is 5.89. The van der Waals surface area contributed by atoms with Crippen LogP contribution in [0.2, 0.25) is 0 Å². The molecule has 1 unspecified atom stereocenters. The standard InChI is InChI=1S/C19H21FN2O2/c1-14(12-22-10-9-21-13-22)15-3-5-16(6-4-15)24-19-8-7-17(23-2)11-18(19)20/h3-8,11,13-14H,9-10,12H2,1-2H3. The first-order valence-electron chi connectivity index (χ1n) is 8.01. The van der Waals surface area contributed by atoms with E-state index in [2.05, 4.69) is 16.8 Å². The molecule has 2 aromatic carbocycles. The summed E-state index contributed by atoms with van der Waals surface area (Å²) >= 11 is 0. The summed E-state index contributed by atoms with van der Waals surface area (Å²) in [5.74, 6) is 1.21. The van der Waals surface area contributed by atoms with Gasteiger partial charge in [0, 0.05) is 19.2 Å². The van der Waals surface area contributed by atoms with Gasteiger partial charge in [-0.1, -0.05) is 19.1 Å². The van der Waals surface area contributed by atoms with Crippen LogP contribution in [0.3, 0.4) is 0 Å². The smallest absolute Gasteiger partial charge is 0.169 e. The van der Waals surface area contributed by atoms with Crippen molar-refractivity contribution in [2.45, 2.75) is 12.8 Å². The summed E-state index contributed by atoms with van der Waals surface area (Å²) in [4.78, 5) is 6.45. The zero-order chi connectivity index (χ0) is 16.9. The molecule has 2 aromatic rings. The van der Waals surface area contributed by atoms with Gasteiger partial charge in [0.1, 0.15) is 11.5 Å². The number of methoxy groups -OCH3 is 1. The molecule has 0 radical (unpaired) electrons. The van der Waals surface area contributed by atoms with E-state index in [0.717, 1.165) is 19.6 Å². The predicted molar refractivity (Wildman–Crippen MR) is 92.8 cm³/mol. The van der Waals surface area contributed by atoms with Crippen molar-refractivity contribution in [3.63, 3.8) is 0 Å². The van der Waals surface area contributed by atoms with Crippen molar-refractivity contribution in [2.24, 2.45) is 4.99 Å². The average Bonchev–Trinajstić information content (AvgIpc) is 3.10. The highest BCUT2D eigenvalue weighted by Crippen LogP contribution is 2.28. The molecule has 4 nitrogen and oxygen atoms in total. The zero-order valence-corrected chi connectivity index (χ0v) is 13.9. The van der Waals surface area contributed by atoms with Gasteiger partial charge in [0.05, 0.1) is 20.0 Å². The Labute approximate surface area is 141 Å². The van der Waals surface area contributed by atoms with Gasteiger partial charge in [-0.3, -0.25) is 4.99 Å². The Kier molecular flexibility index (Phi) is 4.99. The Hall–Kier alpha value is -2.56. The third-order valence-electron chi connectivity index (χ3n) is 4.09. The largest absolute Gasteiger partial charge is 0.497 e. The van der Waals surface area contributed by atoms with Crippen molar-refractivity contribution < 1.29 is 13.9 Å². The summed E-state index contributed by atoms with van der Waals surface area (Å²) in [6.45, 7) is 5.00. The van der Waals surface area contributed by atoms with Crippen molar-refractivity contribution in [3.8, 4) is 17.2 Å². The molecule has 0 fully saturated rings. The number of nitrogens with zero attached hydrogens (tertiary/aromatic N) is 2. The lowest BCUT2D eigenvalue weighted by molar-refractivity contribution is 0.402. The van der Waals surface area contributed by atoms with Gasteiger partial charge in [-0.2, -0.15) is 0 Å². The molecule has 1 heterocycles. The van der Waals surface area contributed by atoms with Crippen LogP contribution in [-0.4, -0.2) is 38.0 Å². The van der Waals surface area contributed by atoms with Gasteiger partial charge >= 0.3 is 0 Å². The molecule has 1 atom stereocenters. The van der Waals surface area contributed by atoms with Crippen molar-refractivity contribution in [3.05, 3.63) is 53.8 Å². The second-order valence-electron chi connectivity index (χ2n) is 5.89. The lowest BCUT2D eigenvalue weighted by Crippen LogP contribution is -2.24. The van der Waals surface area contributed by atoms with Gasteiger partial charge in [0.15, 0.2) is 11.6 Å². The summed E-state index contributed by atoms with van der Waals surface area (Å²) in [6, 6.07) is 12.3. The normalized spacial score (nSPS) is 14.7. The fourth-order valence-corrected chi connectivity index (χ4v) is 2.70. The van der Waals surface area contributed by atoms with Crippen LogP contribution in [0.4, 0.5) is 4.39 Å². The molecule has 0 saturated carbocycles. The molecule has 24 heavy (non-hydrogen) atoms. The highest BCUT2D eigenvalue weighted by molar-refractivity contribution is 5.57. The Bertz CT molecular complexity index is 716. The van der Waals surface area contributed by atoms with E-state index in [0.29, 0.717) is 17.4 Å². The molecule has 0 amide bonds. The van der Waals surface area contributed by atoms with E-state index in [1.54, 1.807) is 12.1 Å². The fourth-order valence-electron chi connectivity index (χ4n) is 2.70. The van der Waals surface area contributed by atoms with Gasteiger partial charge in [0.25, 0.3) is 0 Å². The van der Waals surface area contributed by atoms with Crippen LogP contribution < -0.4 is 9.47 Å². The molecule has 0 N–H and O–H groups in total. The maximum absolute atomic E-state index is 13.9. The van der Waals surface area contributed by atoms with Crippen LogP contribution in [0.25, 0.3) is 0 Å². The molecule has 5 heteroatoms. The molecular weight excluding hydrogens is 307 g/mol. The predicted octanol–water partition coefficient (Wildman–Crippen LogP) is 4.07. The first-order chi connectivity index (χ1) is 11.7. The van der Waals surface area contributed by atoms with E-state index in [1.807, 2.05) is 30.6 Å². The maximum Gasteiger partial charge on any atom is 0.169 e. The minimum Gasteiger partial charge on any atom is -0.497 e. The summed E-state index contributed by atoms with van der Waals surface area (Å²) in [5.41, 5.74) is 1.22. The fraction of sp³-hybridized carbons (Fsp3) is 0.316. The SMILES string of the molecule is COc1ccc(Oc2ccc(C(C)CN3C=NCC3)cc2)c(F)c1. The minimum absolute atomic E-state index is 0.185. The van der Waals surface area contributed by atoms with Gasteiger partial charge in [0.2, 0.25) is 0 Å². The van der Waals surface area contributed by atoms with Crippen molar-refractivity contribution in [2.75, 3.05) is 26.7 Å². The molecule has 3 rings (SSSR count). The van der Waals surface area contributed by atoms with Crippen LogP contribution >= 0.6 is 0 Å². The van der Waals surface area contributed by atoms with Crippen LogP contribution in [0.5, 0.6) is 17.2 Å². The maximum atomic E-state index is 13.9. The van der Waals surface area contributed by atoms with Crippen LogP contribution in [0.15, 0.2) is 47.5 Å². The molecule has 1 aliphatic heterocycles. The number of hydrogen-bond acceptors (Lipinski definition) is 4. The summed E-state index contributed by atoms with van der Waals surface area (Å²) in [5, 5.41) is 0. The number of rotatable bonds is 6. The second kappa shape index (κ2) is 7.34. The summed E-state index contributed by atoms with van der Waals surface area (Å²) in [7, 11) is 1.50. The average molecular weight is 328 g/mol. The molecule has 126 valence electrons. The van der Waals surface area contributed by atoms with Gasteiger partial charge in [-0.15, -0.1) is 0 Å². The third kappa shape index (κ3) is 3.85. The molecular formula is C19H21FN2O2. The van der Waals surface area contributed by atoms with Crippen LogP contribution in [0, 0.1) is 5.82 Å². The van der Waals surface area contributed by atoms with Crippen molar-refractivity contribution >= 4 is 6.34 Å². The van der Waals surface area contributed by atoms with E-state index in [1.165, 1.54) is 18.7 Å².